The molecule has 19 heavy (non-hydrogen) atoms. The molecule has 1 aromatic heterocycles. The van der Waals surface area contributed by atoms with Crippen LogP contribution in [0.5, 0.6) is 0 Å². The van der Waals surface area contributed by atoms with Gasteiger partial charge in [0, 0.05) is 22.6 Å². The van der Waals surface area contributed by atoms with Gasteiger partial charge in [0.05, 0.1) is 5.75 Å². The second kappa shape index (κ2) is 6.68. The van der Waals surface area contributed by atoms with E-state index in [0.29, 0.717) is 5.16 Å². The highest BCUT2D eigenvalue weighted by molar-refractivity contribution is 9.10. The van der Waals surface area contributed by atoms with Gasteiger partial charge in [-0.3, -0.25) is 4.79 Å². The van der Waals surface area contributed by atoms with E-state index in [0.717, 1.165) is 15.7 Å². The number of amides is 1. The van der Waals surface area contributed by atoms with E-state index in [1.54, 1.807) is 18.5 Å². The molecule has 1 aromatic carbocycles. The molecular weight excluding hydrogens is 326 g/mol. The molecule has 98 valence electrons. The van der Waals surface area contributed by atoms with Crippen LogP contribution in [-0.2, 0) is 4.79 Å². The fraction of sp³-hybridized carbons (Fsp3) is 0.154. The topological polar surface area (TPSA) is 54.9 Å². The number of anilines is 1. The minimum atomic E-state index is -0.0757. The average molecular weight is 338 g/mol. The number of aromatic nitrogens is 2. The van der Waals surface area contributed by atoms with Gasteiger partial charge in [0.1, 0.15) is 0 Å². The van der Waals surface area contributed by atoms with Gasteiger partial charge in [0.15, 0.2) is 5.16 Å². The average Bonchev–Trinajstić information content (AvgIpc) is 2.42. The lowest BCUT2D eigenvalue weighted by molar-refractivity contribution is -0.113. The van der Waals surface area contributed by atoms with Gasteiger partial charge in [0.2, 0.25) is 5.91 Å². The van der Waals surface area contributed by atoms with E-state index in [-0.39, 0.29) is 11.7 Å². The van der Waals surface area contributed by atoms with Crippen LogP contribution in [0.3, 0.4) is 0 Å². The Balaban J connectivity index is 1.89. The van der Waals surface area contributed by atoms with E-state index >= 15 is 0 Å². The number of halogens is 1. The SMILES string of the molecule is Cc1ccc(NC(=O)CSc2ncccn2)cc1Br. The Morgan fingerprint density at radius 3 is 2.79 bits per heavy atom. The molecule has 0 saturated carbocycles. The van der Waals surface area contributed by atoms with Crippen LogP contribution >= 0.6 is 27.7 Å². The fourth-order valence-corrected chi connectivity index (χ4v) is 2.34. The molecule has 4 nitrogen and oxygen atoms in total. The third-order valence-corrected chi connectivity index (χ3v) is 4.06. The van der Waals surface area contributed by atoms with Crippen molar-refractivity contribution in [3.8, 4) is 0 Å². The van der Waals surface area contributed by atoms with Crippen molar-refractivity contribution >= 4 is 39.3 Å². The van der Waals surface area contributed by atoms with Crippen molar-refractivity contribution < 1.29 is 4.79 Å². The minimum Gasteiger partial charge on any atom is -0.325 e. The molecule has 0 spiro atoms. The van der Waals surface area contributed by atoms with Gasteiger partial charge in [-0.15, -0.1) is 0 Å². The molecule has 0 aliphatic carbocycles. The molecule has 1 heterocycles. The molecule has 6 heteroatoms. The largest absolute Gasteiger partial charge is 0.325 e. The Labute approximate surface area is 124 Å². The molecule has 0 saturated heterocycles. The molecule has 0 bridgehead atoms. The highest BCUT2D eigenvalue weighted by Crippen LogP contribution is 2.21. The Morgan fingerprint density at radius 2 is 2.11 bits per heavy atom. The Bertz CT molecular complexity index is 577. The third kappa shape index (κ3) is 4.33. The van der Waals surface area contributed by atoms with Crippen molar-refractivity contribution in [3.05, 3.63) is 46.7 Å². The van der Waals surface area contributed by atoms with Crippen molar-refractivity contribution in [1.82, 2.24) is 9.97 Å². The molecular formula is C13H12BrN3OS. The summed E-state index contributed by atoms with van der Waals surface area (Å²) < 4.78 is 0.976. The maximum atomic E-state index is 11.8. The van der Waals surface area contributed by atoms with E-state index in [2.05, 4.69) is 31.2 Å². The summed E-state index contributed by atoms with van der Waals surface area (Å²) in [6, 6.07) is 7.46. The lowest BCUT2D eigenvalue weighted by Crippen LogP contribution is -2.14. The number of nitrogens with one attached hydrogen (secondary N) is 1. The number of hydrogen-bond acceptors (Lipinski definition) is 4. The lowest BCUT2D eigenvalue weighted by Gasteiger charge is -2.06. The quantitative estimate of drug-likeness (QED) is 0.687. The molecule has 0 atom stereocenters. The Kier molecular flexibility index (Phi) is 4.93. The van der Waals surface area contributed by atoms with Gasteiger partial charge < -0.3 is 5.32 Å². The van der Waals surface area contributed by atoms with Crippen molar-refractivity contribution in [2.45, 2.75) is 12.1 Å². The molecule has 0 aliphatic heterocycles. The summed E-state index contributed by atoms with van der Waals surface area (Å²) in [5.41, 5.74) is 1.90. The first-order valence-electron chi connectivity index (χ1n) is 5.61. The molecule has 1 N–H and O–H groups in total. The summed E-state index contributed by atoms with van der Waals surface area (Å²) in [5.74, 6) is 0.211. The number of nitrogens with zero attached hydrogens (tertiary/aromatic N) is 2. The molecule has 2 rings (SSSR count). The van der Waals surface area contributed by atoms with Crippen LogP contribution in [0.4, 0.5) is 5.69 Å². The highest BCUT2D eigenvalue weighted by atomic mass is 79.9. The van der Waals surface area contributed by atoms with Gasteiger partial charge >= 0.3 is 0 Å². The standard InChI is InChI=1S/C13H12BrN3OS/c1-9-3-4-10(7-11(9)14)17-12(18)8-19-13-15-5-2-6-16-13/h2-7H,8H2,1H3,(H,17,18). The van der Waals surface area contributed by atoms with Gasteiger partial charge in [-0.25, -0.2) is 9.97 Å². The highest BCUT2D eigenvalue weighted by Gasteiger charge is 2.05. The number of rotatable bonds is 4. The Hall–Kier alpha value is -1.40. The third-order valence-electron chi connectivity index (χ3n) is 2.33. The van der Waals surface area contributed by atoms with Gasteiger partial charge in [-0.1, -0.05) is 33.8 Å². The van der Waals surface area contributed by atoms with Crippen LogP contribution in [0, 0.1) is 6.92 Å². The molecule has 0 unspecified atom stereocenters. The summed E-state index contributed by atoms with van der Waals surface area (Å²) in [6.45, 7) is 2.00. The molecule has 1 amide bonds. The number of benzene rings is 1. The van der Waals surface area contributed by atoms with Gasteiger partial charge in [-0.05, 0) is 30.7 Å². The number of carbonyl (C=O) groups excluding carboxylic acids is 1. The fourth-order valence-electron chi connectivity index (χ4n) is 1.36. The van der Waals surface area contributed by atoms with E-state index in [9.17, 15) is 4.79 Å². The van der Waals surface area contributed by atoms with Crippen LogP contribution in [-0.4, -0.2) is 21.6 Å². The second-order valence-electron chi connectivity index (χ2n) is 3.83. The van der Waals surface area contributed by atoms with Crippen molar-refractivity contribution in [2.24, 2.45) is 0 Å². The van der Waals surface area contributed by atoms with Crippen LogP contribution in [0.2, 0.25) is 0 Å². The van der Waals surface area contributed by atoms with E-state index in [1.807, 2.05) is 25.1 Å². The predicted molar refractivity (Wildman–Crippen MR) is 80.3 cm³/mol. The first-order chi connectivity index (χ1) is 9.15. The van der Waals surface area contributed by atoms with Crippen molar-refractivity contribution in [1.29, 1.82) is 0 Å². The predicted octanol–water partition coefficient (Wildman–Crippen LogP) is 3.28. The first-order valence-corrected chi connectivity index (χ1v) is 7.39. The zero-order valence-electron chi connectivity index (χ0n) is 10.3. The van der Waals surface area contributed by atoms with E-state index in [4.69, 9.17) is 0 Å². The zero-order valence-corrected chi connectivity index (χ0v) is 12.7. The van der Waals surface area contributed by atoms with Gasteiger partial charge in [-0.2, -0.15) is 0 Å². The molecule has 0 aliphatic rings. The van der Waals surface area contributed by atoms with E-state index < -0.39 is 0 Å². The summed E-state index contributed by atoms with van der Waals surface area (Å²) in [4.78, 5) is 19.9. The van der Waals surface area contributed by atoms with Gasteiger partial charge in [0.25, 0.3) is 0 Å². The number of hydrogen-bond donors (Lipinski definition) is 1. The summed E-state index contributed by atoms with van der Waals surface area (Å²) in [5, 5.41) is 3.43. The summed E-state index contributed by atoms with van der Waals surface area (Å²) in [6.07, 6.45) is 3.31. The smallest absolute Gasteiger partial charge is 0.234 e. The number of aryl methyl sites for hydroxylation is 1. The van der Waals surface area contributed by atoms with Crippen molar-refractivity contribution in [3.63, 3.8) is 0 Å². The molecule has 2 aromatic rings. The molecule has 0 fully saturated rings. The lowest BCUT2D eigenvalue weighted by atomic mass is 10.2. The van der Waals surface area contributed by atoms with Crippen molar-refractivity contribution in [2.75, 3.05) is 11.1 Å². The van der Waals surface area contributed by atoms with E-state index in [1.165, 1.54) is 11.8 Å². The maximum absolute atomic E-state index is 11.8. The molecule has 0 radical (unpaired) electrons. The van der Waals surface area contributed by atoms with Crippen LogP contribution in [0.1, 0.15) is 5.56 Å². The minimum absolute atomic E-state index is 0.0757. The zero-order chi connectivity index (χ0) is 13.7. The normalized spacial score (nSPS) is 10.2. The van der Waals surface area contributed by atoms with Crippen LogP contribution in [0.25, 0.3) is 0 Å². The number of carbonyl (C=O) groups is 1. The Morgan fingerprint density at radius 1 is 1.37 bits per heavy atom. The number of thioether (sulfide) groups is 1. The van der Waals surface area contributed by atoms with Crippen LogP contribution < -0.4 is 5.32 Å². The summed E-state index contributed by atoms with van der Waals surface area (Å²) in [7, 11) is 0. The monoisotopic (exact) mass is 337 g/mol. The van der Waals surface area contributed by atoms with Crippen LogP contribution in [0.15, 0.2) is 46.3 Å². The maximum Gasteiger partial charge on any atom is 0.234 e. The first kappa shape index (κ1) is 14.0. The summed E-state index contributed by atoms with van der Waals surface area (Å²) >= 11 is 4.74. The second-order valence-corrected chi connectivity index (χ2v) is 5.63.